The van der Waals surface area contributed by atoms with Gasteiger partial charge >= 0.3 is 5.97 Å². The summed E-state index contributed by atoms with van der Waals surface area (Å²) in [5, 5.41) is 8.12. The second kappa shape index (κ2) is 2.54. The van der Waals surface area contributed by atoms with E-state index in [1.165, 1.54) is 0 Å². The first-order valence-corrected chi connectivity index (χ1v) is 1.70. The molecule has 0 aliphatic rings. The standard InChI is InChI=1S/C3H7NO3/c1-7-3(6)2(4)5/h2,5H,4H2,1H3/t2-/m0/s1. The van der Waals surface area contributed by atoms with Crippen LogP contribution in [0.4, 0.5) is 0 Å². The molecule has 42 valence electrons. The van der Waals surface area contributed by atoms with Crippen LogP contribution in [0.5, 0.6) is 0 Å². The lowest BCUT2D eigenvalue weighted by atomic mass is 10.6. The Balaban J connectivity index is 3.35. The second-order valence-electron chi connectivity index (χ2n) is 0.968. The largest absolute Gasteiger partial charge is 0.466 e. The van der Waals surface area contributed by atoms with Gasteiger partial charge < -0.3 is 9.84 Å². The Morgan fingerprint density at radius 3 is 2.43 bits per heavy atom. The fourth-order valence-corrected chi connectivity index (χ4v) is 0.121. The highest BCUT2D eigenvalue weighted by Crippen LogP contribution is 1.72. The average Bonchev–Trinajstić information content (AvgIpc) is 1.65. The first-order chi connectivity index (χ1) is 3.18. The van der Waals surface area contributed by atoms with Gasteiger partial charge in [0.05, 0.1) is 7.11 Å². The van der Waals surface area contributed by atoms with Gasteiger partial charge in [-0.15, -0.1) is 0 Å². The molecular formula is C3H7NO3. The fraction of sp³-hybridized carbons (Fsp3) is 0.667. The van der Waals surface area contributed by atoms with E-state index < -0.39 is 12.2 Å². The summed E-state index contributed by atoms with van der Waals surface area (Å²) in [7, 11) is 1.15. The molecule has 0 rings (SSSR count). The van der Waals surface area contributed by atoms with Gasteiger partial charge in [0.1, 0.15) is 0 Å². The van der Waals surface area contributed by atoms with Crippen LogP contribution in [0.25, 0.3) is 0 Å². The highest BCUT2D eigenvalue weighted by Gasteiger charge is 2.05. The SMILES string of the molecule is COC(=O)[C@@H](N)O. The predicted octanol–water partition coefficient (Wildman–Crippen LogP) is -1.56. The molecule has 0 saturated heterocycles. The Hall–Kier alpha value is -0.610. The molecule has 7 heavy (non-hydrogen) atoms. The van der Waals surface area contributed by atoms with E-state index in [1.807, 2.05) is 0 Å². The van der Waals surface area contributed by atoms with Crippen LogP contribution < -0.4 is 5.73 Å². The van der Waals surface area contributed by atoms with Crippen LogP contribution in [0.1, 0.15) is 0 Å². The smallest absolute Gasteiger partial charge is 0.349 e. The summed E-state index contributed by atoms with van der Waals surface area (Å²) in [6.07, 6.45) is -1.50. The van der Waals surface area contributed by atoms with Gasteiger partial charge in [-0.05, 0) is 0 Å². The summed E-state index contributed by atoms with van der Waals surface area (Å²) in [4.78, 5) is 9.91. The number of rotatable bonds is 1. The Kier molecular flexibility index (Phi) is 2.32. The third-order valence-corrected chi connectivity index (χ3v) is 0.443. The molecule has 0 bridgehead atoms. The summed E-state index contributed by atoms with van der Waals surface area (Å²) < 4.78 is 4.00. The van der Waals surface area contributed by atoms with Crippen molar-refractivity contribution in [1.29, 1.82) is 0 Å². The van der Waals surface area contributed by atoms with E-state index in [0.29, 0.717) is 0 Å². The third kappa shape index (κ3) is 2.13. The third-order valence-electron chi connectivity index (χ3n) is 0.443. The Labute approximate surface area is 40.9 Å². The minimum absolute atomic E-state index is 0.819. The fourth-order valence-electron chi connectivity index (χ4n) is 0.121. The number of hydrogen-bond acceptors (Lipinski definition) is 4. The normalized spacial score (nSPS) is 13.0. The van der Waals surface area contributed by atoms with E-state index in [-0.39, 0.29) is 0 Å². The maximum atomic E-state index is 9.91. The zero-order valence-electron chi connectivity index (χ0n) is 3.92. The van der Waals surface area contributed by atoms with E-state index in [1.54, 1.807) is 0 Å². The summed E-state index contributed by atoms with van der Waals surface area (Å²) >= 11 is 0. The molecule has 0 aromatic rings. The van der Waals surface area contributed by atoms with Crippen LogP contribution in [-0.4, -0.2) is 24.4 Å². The molecule has 0 unspecified atom stereocenters. The summed E-state index contributed by atoms with van der Waals surface area (Å²) in [6, 6.07) is 0. The zero-order chi connectivity index (χ0) is 5.86. The Morgan fingerprint density at radius 1 is 2.00 bits per heavy atom. The maximum Gasteiger partial charge on any atom is 0.349 e. The number of aliphatic hydroxyl groups is 1. The molecule has 1 atom stereocenters. The molecule has 0 aliphatic heterocycles. The topological polar surface area (TPSA) is 72.5 Å². The molecular weight excluding hydrogens is 98.0 g/mol. The van der Waals surface area contributed by atoms with Crippen LogP contribution in [-0.2, 0) is 9.53 Å². The monoisotopic (exact) mass is 105 g/mol. The Bertz CT molecular complexity index is 70.6. The van der Waals surface area contributed by atoms with Crippen LogP contribution in [0.15, 0.2) is 0 Å². The van der Waals surface area contributed by atoms with Crippen molar-refractivity contribution in [2.75, 3.05) is 7.11 Å². The van der Waals surface area contributed by atoms with Crippen LogP contribution in [0, 0.1) is 0 Å². The lowest BCUT2D eigenvalue weighted by Gasteiger charge is -1.97. The van der Waals surface area contributed by atoms with Crippen LogP contribution in [0.3, 0.4) is 0 Å². The molecule has 0 saturated carbocycles. The molecule has 0 aromatic carbocycles. The van der Waals surface area contributed by atoms with Gasteiger partial charge in [0, 0.05) is 0 Å². The minimum atomic E-state index is -1.50. The molecule has 4 nitrogen and oxygen atoms in total. The molecule has 0 radical (unpaired) electrons. The number of carbonyl (C=O) groups excluding carboxylic acids is 1. The Morgan fingerprint density at radius 2 is 2.43 bits per heavy atom. The molecule has 0 spiro atoms. The van der Waals surface area contributed by atoms with Gasteiger partial charge in [-0.2, -0.15) is 0 Å². The predicted molar refractivity (Wildman–Crippen MR) is 22.2 cm³/mol. The quantitative estimate of drug-likeness (QED) is 0.312. The summed E-state index contributed by atoms with van der Waals surface area (Å²) in [5.41, 5.74) is 4.63. The molecule has 4 heteroatoms. The van der Waals surface area contributed by atoms with Crippen LogP contribution in [0.2, 0.25) is 0 Å². The van der Waals surface area contributed by atoms with E-state index in [4.69, 9.17) is 5.11 Å². The lowest BCUT2D eigenvalue weighted by molar-refractivity contribution is -0.150. The van der Waals surface area contributed by atoms with Crippen molar-refractivity contribution >= 4 is 5.97 Å². The number of ether oxygens (including phenoxy) is 1. The van der Waals surface area contributed by atoms with Crippen molar-refractivity contribution in [1.82, 2.24) is 0 Å². The number of carbonyl (C=O) groups is 1. The van der Waals surface area contributed by atoms with Crippen molar-refractivity contribution in [3.63, 3.8) is 0 Å². The van der Waals surface area contributed by atoms with Gasteiger partial charge in [-0.3, -0.25) is 5.73 Å². The highest BCUT2D eigenvalue weighted by molar-refractivity contribution is 5.73. The summed E-state index contributed by atoms with van der Waals surface area (Å²) in [5.74, 6) is -0.819. The van der Waals surface area contributed by atoms with Gasteiger partial charge in [0.25, 0.3) is 0 Å². The number of nitrogens with two attached hydrogens (primary N) is 1. The van der Waals surface area contributed by atoms with Gasteiger partial charge in [0.2, 0.25) is 6.23 Å². The number of hydrogen-bond donors (Lipinski definition) is 2. The molecule has 0 amide bonds. The number of methoxy groups -OCH3 is 1. The van der Waals surface area contributed by atoms with Crippen molar-refractivity contribution in [2.24, 2.45) is 5.73 Å². The minimum Gasteiger partial charge on any atom is -0.466 e. The van der Waals surface area contributed by atoms with E-state index in [0.717, 1.165) is 7.11 Å². The molecule has 0 heterocycles. The molecule has 0 fully saturated rings. The van der Waals surface area contributed by atoms with Crippen molar-refractivity contribution in [3.8, 4) is 0 Å². The van der Waals surface area contributed by atoms with Crippen molar-refractivity contribution < 1.29 is 14.6 Å². The second-order valence-corrected chi connectivity index (χ2v) is 0.968. The molecule has 3 N–H and O–H groups in total. The first kappa shape index (κ1) is 6.39. The van der Waals surface area contributed by atoms with Gasteiger partial charge in [-0.25, -0.2) is 4.79 Å². The number of aliphatic hydroxyl groups excluding tert-OH is 1. The van der Waals surface area contributed by atoms with Crippen molar-refractivity contribution in [2.45, 2.75) is 6.23 Å². The van der Waals surface area contributed by atoms with Crippen molar-refractivity contribution in [3.05, 3.63) is 0 Å². The van der Waals surface area contributed by atoms with Crippen LogP contribution >= 0.6 is 0 Å². The first-order valence-electron chi connectivity index (χ1n) is 1.70. The number of esters is 1. The van der Waals surface area contributed by atoms with E-state index in [2.05, 4.69) is 10.5 Å². The summed E-state index contributed by atoms with van der Waals surface area (Å²) in [6.45, 7) is 0. The van der Waals surface area contributed by atoms with E-state index >= 15 is 0 Å². The van der Waals surface area contributed by atoms with Gasteiger partial charge in [0.15, 0.2) is 0 Å². The maximum absolute atomic E-state index is 9.91. The average molecular weight is 105 g/mol. The van der Waals surface area contributed by atoms with E-state index in [9.17, 15) is 4.79 Å². The highest BCUT2D eigenvalue weighted by atomic mass is 16.5. The van der Waals surface area contributed by atoms with Gasteiger partial charge in [-0.1, -0.05) is 0 Å². The molecule has 0 aliphatic carbocycles. The zero-order valence-corrected chi connectivity index (χ0v) is 3.92. The molecule has 0 aromatic heterocycles. The lowest BCUT2D eigenvalue weighted by Crippen LogP contribution is -2.30.